The zero-order valence-corrected chi connectivity index (χ0v) is 21.4. The highest BCUT2D eigenvalue weighted by molar-refractivity contribution is 7.85. The Morgan fingerprint density at radius 1 is 1.25 bits per heavy atom. The molecule has 0 aliphatic rings. The summed E-state index contributed by atoms with van der Waals surface area (Å²) in [6, 6.07) is 6.84. The van der Waals surface area contributed by atoms with Crippen LogP contribution in [0.4, 0.5) is 13.2 Å². The second kappa shape index (κ2) is 11.0. The van der Waals surface area contributed by atoms with Crippen LogP contribution in [0, 0.1) is 13.8 Å². The molecule has 2 N–H and O–H groups in total. The van der Waals surface area contributed by atoms with E-state index in [1.165, 1.54) is 16.0 Å². The third-order valence-corrected chi connectivity index (χ3v) is 7.14. The Hall–Kier alpha value is -2.90. The van der Waals surface area contributed by atoms with E-state index in [4.69, 9.17) is 9.29 Å². The fraction of sp³-hybridized carbons (Fsp3) is 0.391. The summed E-state index contributed by atoms with van der Waals surface area (Å²) in [5.41, 5.74) is 1.06. The van der Waals surface area contributed by atoms with Gasteiger partial charge in [-0.15, -0.1) is 11.3 Å². The summed E-state index contributed by atoms with van der Waals surface area (Å²) in [5, 5.41) is 6.32. The van der Waals surface area contributed by atoms with Gasteiger partial charge >= 0.3 is 6.18 Å². The number of hydrogen-bond donors (Lipinski definition) is 2. The average Bonchev–Trinajstić information content (AvgIpc) is 3.42. The molecule has 0 aliphatic carbocycles. The smallest absolute Gasteiger partial charge is 0.419 e. The molecule has 0 saturated heterocycles. The summed E-state index contributed by atoms with van der Waals surface area (Å²) < 4.78 is 76.8. The van der Waals surface area contributed by atoms with Gasteiger partial charge in [-0.25, -0.2) is 4.68 Å². The van der Waals surface area contributed by atoms with Crippen molar-refractivity contribution in [1.29, 1.82) is 0 Å². The summed E-state index contributed by atoms with van der Waals surface area (Å²) in [6.45, 7) is 5.30. The molecule has 3 rings (SSSR count). The first-order valence-electron chi connectivity index (χ1n) is 11.0. The largest absolute Gasteiger partial charge is 0.485 e. The van der Waals surface area contributed by atoms with Gasteiger partial charge in [0, 0.05) is 17.6 Å². The van der Waals surface area contributed by atoms with Crippen molar-refractivity contribution in [2.45, 2.75) is 45.9 Å². The van der Waals surface area contributed by atoms with Crippen molar-refractivity contribution >= 4 is 27.4 Å². The van der Waals surface area contributed by atoms with Crippen LogP contribution < -0.4 is 10.1 Å². The summed E-state index contributed by atoms with van der Waals surface area (Å²) in [6.07, 6.45) is -1.67. The maximum Gasteiger partial charge on any atom is 0.419 e. The number of amides is 1. The van der Waals surface area contributed by atoms with Gasteiger partial charge in [-0.2, -0.15) is 26.7 Å². The van der Waals surface area contributed by atoms with Gasteiger partial charge in [-0.05, 0) is 55.7 Å². The van der Waals surface area contributed by atoms with E-state index in [9.17, 15) is 26.4 Å². The number of aromatic nitrogens is 2. The zero-order valence-electron chi connectivity index (χ0n) is 19.8. The van der Waals surface area contributed by atoms with E-state index in [1.807, 2.05) is 6.92 Å². The van der Waals surface area contributed by atoms with Crippen LogP contribution in [0.2, 0.25) is 0 Å². The molecule has 13 heteroatoms. The van der Waals surface area contributed by atoms with Gasteiger partial charge in [-0.3, -0.25) is 9.35 Å². The van der Waals surface area contributed by atoms with E-state index in [0.29, 0.717) is 33.9 Å². The first kappa shape index (κ1) is 27.7. The molecule has 0 radical (unpaired) electrons. The van der Waals surface area contributed by atoms with Crippen LogP contribution in [-0.4, -0.2) is 41.0 Å². The fourth-order valence-electron chi connectivity index (χ4n) is 3.65. The fourth-order valence-corrected chi connectivity index (χ4v) is 5.00. The van der Waals surface area contributed by atoms with Crippen molar-refractivity contribution in [1.82, 2.24) is 15.1 Å². The van der Waals surface area contributed by atoms with Crippen LogP contribution in [0.3, 0.4) is 0 Å². The Labute approximate surface area is 210 Å². The lowest BCUT2D eigenvalue weighted by molar-refractivity contribution is -0.137. The zero-order chi connectivity index (χ0) is 26.7. The van der Waals surface area contributed by atoms with Crippen LogP contribution in [0.25, 0.3) is 5.69 Å². The van der Waals surface area contributed by atoms with Crippen molar-refractivity contribution in [2.75, 3.05) is 12.3 Å². The number of rotatable bonds is 10. The van der Waals surface area contributed by atoms with Crippen LogP contribution in [-0.2, 0) is 16.3 Å². The van der Waals surface area contributed by atoms with E-state index in [0.717, 1.165) is 23.7 Å². The topological polar surface area (TPSA) is 111 Å². The number of aryl methyl sites for hydroxylation is 2. The molecule has 1 atom stereocenters. The third kappa shape index (κ3) is 7.08. The molecule has 2 aromatic heterocycles. The Kier molecular flexibility index (Phi) is 8.47. The van der Waals surface area contributed by atoms with Gasteiger partial charge in [0.25, 0.3) is 16.0 Å². The van der Waals surface area contributed by atoms with E-state index in [-0.39, 0.29) is 12.6 Å². The predicted octanol–water partition coefficient (Wildman–Crippen LogP) is 5.11. The van der Waals surface area contributed by atoms with Gasteiger partial charge in [0.2, 0.25) is 0 Å². The molecule has 0 aliphatic heterocycles. The molecule has 196 valence electrons. The number of hydrogen-bond acceptors (Lipinski definition) is 6. The number of halogens is 3. The summed E-state index contributed by atoms with van der Waals surface area (Å²) in [7, 11) is -4.17. The van der Waals surface area contributed by atoms with Crippen LogP contribution in [0.5, 0.6) is 5.75 Å². The lowest BCUT2D eigenvalue weighted by Crippen LogP contribution is -2.28. The van der Waals surface area contributed by atoms with E-state index < -0.39 is 33.5 Å². The Morgan fingerprint density at radius 3 is 2.47 bits per heavy atom. The van der Waals surface area contributed by atoms with Crippen molar-refractivity contribution < 1.29 is 35.7 Å². The molecule has 1 amide bonds. The van der Waals surface area contributed by atoms with Gasteiger partial charge in [0.15, 0.2) is 0 Å². The minimum Gasteiger partial charge on any atom is -0.485 e. The summed E-state index contributed by atoms with van der Waals surface area (Å²) >= 11 is 1.21. The van der Waals surface area contributed by atoms with Crippen LogP contribution in [0.1, 0.15) is 57.1 Å². The lowest BCUT2D eigenvalue weighted by Gasteiger charge is -2.20. The molecule has 0 spiro atoms. The number of ether oxygens (including phenoxy) is 1. The highest BCUT2D eigenvalue weighted by atomic mass is 32.2. The Bertz CT molecular complexity index is 1310. The maximum atomic E-state index is 13.0. The second-order valence-electron chi connectivity index (χ2n) is 8.22. The summed E-state index contributed by atoms with van der Waals surface area (Å²) in [5.74, 6) is -0.509. The molecule has 0 unspecified atom stereocenters. The molecule has 2 heterocycles. The monoisotopic (exact) mass is 545 g/mol. The number of carbonyl (C=O) groups excluding carboxylic acids is 1. The molecule has 1 aromatic carbocycles. The van der Waals surface area contributed by atoms with Gasteiger partial charge < -0.3 is 10.1 Å². The molecular formula is C23H26F3N3O5S2. The van der Waals surface area contributed by atoms with E-state index in [1.54, 1.807) is 38.1 Å². The van der Waals surface area contributed by atoms with E-state index >= 15 is 0 Å². The first-order valence-corrected chi connectivity index (χ1v) is 13.4. The van der Waals surface area contributed by atoms with Crippen molar-refractivity contribution in [2.24, 2.45) is 0 Å². The average molecular weight is 546 g/mol. The standard InChI is InChI=1S/C23H26F3N3O5S2/c1-4-5-18(19-6-7-20(35-19)22(30)27-8-9-36(31,32)33)34-17-10-14(2)21(15(3)11-17)29-13-16(12-28-29)23(24,25)26/h6-7,10-13,18H,4-5,8-9H2,1-3H3,(H,27,30)(H,31,32,33)/t18-/m0/s1. The molecule has 36 heavy (non-hydrogen) atoms. The van der Waals surface area contributed by atoms with Gasteiger partial charge in [-0.1, -0.05) is 13.3 Å². The maximum absolute atomic E-state index is 13.0. The number of carbonyl (C=O) groups is 1. The second-order valence-corrected chi connectivity index (χ2v) is 10.9. The van der Waals surface area contributed by atoms with Gasteiger partial charge in [0.1, 0.15) is 11.9 Å². The molecule has 8 nitrogen and oxygen atoms in total. The van der Waals surface area contributed by atoms with Crippen molar-refractivity contribution in [3.8, 4) is 11.4 Å². The van der Waals surface area contributed by atoms with Crippen LogP contribution in [0.15, 0.2) is 36.7 Å². The normalized spacial score (nSPS) is 13.0. The number of benzene rings is 1. The van der Waals surface area contributed by atoms with Crippen molar-refractivity contribution in [3.63, 3.8) is 0 Å². The van der Waals surface area contributed by atoms with Crippen LogP contribution >= 0.6 is 11.3 Å². The third-order valence-electron chi connectivity index (χ3n) is 5.25. The highest BCUT2D eigenvalue weighted by Crippen LogP contribution is 2.34. The molecule has 3 aromatic rings. The molecular weight excluding hydrogens is 519 g/mol. The Balaban J connectivity index is 1.78. The first-order chi connectivity index (χ1) is 16.8. The highest BCUT2D eigenvalue weighted by Gasteiger charge is 2.32. The minimum atomic E-state index is -4.48. The molecule has 0 bridgehead atoms. The molecule has 0 saturated carbocycles. The summed E-state index contributed by atoms with van der Waals surface area (Å²) in [4.78, 5) is 13.5. The quantitative estimate of drug-likeness (QED) is 0.343. The predicted molar refractivity (Wildman–Crippen MR) is 129 cm³/mol. The molecule has 0 fully saturated rings. The number of alkyl halides is 3. The van der Waals surface area contributed by atoms with E-state index in [2.05, 4.69) is 10.4 Å². The number of thiophene rings is 1. The number of nitrogens with zero attached hydrogens (tertiary/aromatic N) is 2. The van der Waals surface area contributed by atoms with Crippen molar-refractivity contribution in [3.05, 3.63) is 63.1 Å². The SMILES string of the molecule is CCC[C@H](Oc1cc(C)c(-n2cc(C(F)(F)F)cn2)c(C)c1)c1ccc(C(=O)NCCS(=O)(=O)O)s1. The van der Waals surface area contributed by atoms with Gasteiger partial charge in [0.05, 0.1) is 28.1 Å². The minimum absolute atomic E-state index is 0.217. The number of nitrogens with one attached hydrogen (secondary N) is 1. The lowest BCUT2D eigenvalue weighted by atomic mass is 10.1. The Morgan fingerprint density at radius 2 is 1.92 bits per heavy atom.